The smallest absolute Gasteiger partial charge is 0.242 e. The lowest BCUT2D eigenvalue weighted by atomic mass is 10.1. The van der Waals surface area contributed by atoms with Crippen LogP contribution in [-0.4, -0.2) is 59.6 Å². The van der Waals surface area contributed by atoms with Gasteiger partial charge in [0.1, 0.15) is 6.04 Å². The van der Waals surface area contributed by atoms with Gasteiger partial charge in [-0.15, -0.1) is 0 Å². The molecule has 4 heteroatoms. The van der Waals surface area contributed by atoms with Crippen molar-refractivity contribution < 1.29 is 9.90 Å². The number of hydrogen-bond donors (Lipinski definition) is 1. The molecule has 82 valence electrons. The van der Waals surface area contributed by atoms with E-state index >= 15 is 0 Å². The SMILES string of the molecule is CCN1C(C)CCN(C)C(=O)C1CO. The molecule has 1 amide bonds. The summed E-state index contributed by atoms with van der Waals surface area (Å²) in [5.74, 6) is 0.0405. The molecule has 0 aromatic heterocycles. The Morgan fingerprint density at radius 3 is 2.71 bits per heavy atom. The highest BCUT2D eigenvalue weighted by Crippen LogP contribution is 2.15. The summed E-state index contributed by atoms with van der Waals surface area (Å²) in [6.45, 7) is 5.65. The van der Waals surface area contributed by atoms with Crippen molar-refractivity contribution in [3.8, 4) is 0 Å². The minimum atomic E-state index is -0.345. The summed E-state index contributed by atoms with van der Waals surface area (Å²) < 4.78 is 0. The van der Waals surface area contributed by atoms with Gasteiger partial charge in [0, 0.05) is 19.6 Å². The second-order valence-electron chi connectivity index (χ2n) is 3.93. The minimum Gasteiger partial charge on any atom is -0.394 e. The third-order valence-electron chi connectivity index (χ3n) is 3.05. The van der Waals surface area contributed by atoms with E-state index in [2.05, 4.69) is 11.8 Å². The van der Waals surface area contributed by atoms with Crippen LogP contribution in [-0.2, 0) is 4.79 Å². The average Bonchev–Trinajstić information content (AvgIpc) is 2.29. The van der Waals surface area contributed by atoms with E-state index in [1.54, 1.807) is 11.9 Å². The van der Waals surface area contributed by atoms with Crippen molar-refractivity contribution in [3.63, 3.8) is 0 Å². The third-order valence-corrected chi connectivity index (χ3v) is 3.05. The number of carbonyl (C=O) groups is 1. The number of hydrogen-bond acceptors (Lipinski definition) is 3. The summed E-state index contributed by atoms with van der Waals surface area (Å²) >= 11 is 0. The van der Waals surface area contributed by atoms with Gasteiger partial charge < -0.3 is 10.0 Å². The van der Waals surface area contributed by atoms with Crippen molar-refractivity contribution in [2.45, 2.75) is 32.4 Å². The third kappa shape index (κ3) is 2.07. The molecule has 1 saturated heterocycles. The molecule has 0 aromatic rings. The van der Waals surface area contributed by atoms with Gasteiger partial charge >= 0.3 is 0 Å². The van der Waals surface area contributed by atoms with Crippen LogP contribution in [0.3, 0.4) is 0 Å². The molecule has 1 heterocycles. The number of likely N-dealkylation sites (N-methyl/N-ethyl adjacent to an activating group) is 2. The summed E-state index contributed by atoms with van der Waals surface area (Å²) in [7, 11) is 1.80. The first-order chi connectivity index (χ1) is 6.61. The fourth-order valence-electron chi connectivity index (χ4n) is 2.07. The molecule has 0 aromatic carbocycles. The Morgan fingerprint density at radius 1 is 1.57 bits per heavy atom. The Labute approximate surface area is 85.5 Å². The minimum absolute atomic E-state index is 0.0405. The normalized spacial score (nSPS) is 30.6. The van der Waals surface area contributed by atoms with Gasteiger partial charge in [0.15, 0.2) is 0 Å². The molecule has 4 nitrogen and oxygen atoms in total. The fourth-order valence-corrected chi connectivity index (χ4v) is 2.07. The van der Waals surface area contributed by atoms with E-state index in [9.17, 15) is 9.90 Å². The maximum atomic E-state index is 11.8. The summed E-state index contributed by atoms with van der Waals surface area (Å²) in [5.41, 5.74) is 0. The number of nitrogens with zero attached hydrogens (tertiary/aromatic N) is 2. The van der Waals surface area contributed by atoms with Crippen molar-refractivity contribution in [2.24, 2.45) is 0 Å². The first-order valence-electron chi connectivity index (χ1n) is 5.23. The van der Waals surface area contributed by atoms with Crippen LogP contribution in [0.5, 0.6) is 0 Å². The average molecular weight is 200 g/mol. The second-order valence-corrected chi connectivity index (χ2v) is 3.93. The van der Waals surface area contributed by atoms with Gasteiger partial charge in [-0.05, 0) is 19.9 Å². The predicted molar refractivity (Wildman–Crippen MR) is 55.0 cm³/mol. The van der Waals surface area contributed by atoms with Crippen LogP contribution in [0.2, 0.25) is 0 Å². The van der Waals surface area contributed by atoms with E-state index in [-0.39, 0.29) is 18.6 Å². The van der Waals surface area contributed by atoms with E-state index in [1.807, 2.05) is 6.92 Å². The Hall–Kier alpha value is -0.610. The molecule has 0 bridgehead atoms. The molecule has 2 atom stereocenters. The van der Waals surface area contributed by atoms with Crippen LogP contribution < -0.4 is 0 Å². The summed E-state index contributed by atoms with van der Waals surface area (Å²) in [5, 5.41) is 9.23. The zero-order chi connectivity index (χ0) is 10.7. The number of carbonyl (C=O) groups excluding carboxylic acids is 1. The van der Waals surface area contributed by atoms with Gasteiger partial charge in [-0.25, -0.2) is 0 Å². The molecule has 1 fully saturated rings. The monoisotopic (exact) mass is 200 g/mol. The molecule has 1 N–H and O–H groups in total. The molecule has 0 aliphatic carbocycles. The standard InChI is InChI=1S/C10H20N2O2/c1-4-12-8(2)5-6-11(3)10(14)9(12)7-13/h8-9,13H,4-7H2,1-3H3. The molecule has 14 heavy (non-hydrogen) atoms. The molecule has 1 rings (SSSR count). The van der Waals surface area contributed by atoms with E-state index < -0.39 is 0 Å². The lowest BCUT2D eigenvalue weighted by Gasteiger charge is -2.31. The molecule has 0 radical (unpaired) electrons. The molecule has 0 saturated carbocycles. The summed E-state index contributed by atoms with van der Waals surface area (Å²) in [6, 6.07) is 0.0218. The Balaban J connectivity index is 2.84. The van der Waals surface area contributed by atoms with Crippen molar-refractivity contribution in [1.29, 1.82) is 0 Å². The predicted octanol–water partition coefficient (Wildman–Crippen LogP) is -0.0802. The molecular weight excluding hydrogens is 180 g/mol. The lowest BCUT2D eigenvalue weighted by molar-refractivity contribution is -0.135. The Kier molecular flexibility index (Phi) is 3.89. The van der Waals surface area contributed by atoms with Gasteiger partial charge in [0.05, 0.1) is 6.61 Å². The molecular formula is C10H20N2O2. The number of rotatable bonds is 2. The van der Waals surface area contributed by atoms with Crippen LogP contribution in [0, 0.1) is 0 Å². The van der Waals surface area contributed by atoms with Crippen LogP contribution >= 0.6 is 0 Å². The zero-order valence-electron chi connectivity index (χ0n) is 9.23. The number of amides is 1. The van der Waals surface area contributed by atoms with Gasteiger partial charge in [-0.2, -0.15) is 0 Å². The zero-order valence-corrected chi connectivity index (χ0v) is 9.23. The summed E-state index contributed by atoms with van der Waals surface area (Å²) in [6.07, 6.45) is 0.979. The van der Waals surface area contributed by atoms with Crippen LogP contribution in [0.15, 0.2) is 0 Å². The van der Waals surface area contributed by atoms with Gasteiger partial charge in [-0.1, -0.05) is 6.92 Å². The molecule has 0 spiro atoms. The first-order valence-corrected chi connectivity index (χ1v) is 5.23. The Morgan fingerprint density at radius 2 is 2.21 bits per heavy atom. The highest BCUT2D eigenvalue weighted by molar-refractivity contribution is 5.82. The second kappa shape index (κ2) is 4.75. The quantitative estimate of drug-likeness (QED) is 0.678. The highest BCUT2D eigenvalue weighted by Gasteiger charge is 2.32. The van der Waals surface area contributed by atoms with Crippen molar-refractivity contribution in [3.05, 3.63) is 0 Å². The first kappa shape index (κ1) is 11.5. The van der Waals surface area contributed by atoms with Crippen molar-refractivity contribution >= 4 is 5.91 Å². The van der Waals surface area contributed by atoms with Crippen LogP contribution in [0.25, 0.3) is 0 Å². The van der Waals surface area contributed by atoms with Crippen LogP contribution in [0.1, 0.15) is 20.3 Å². The lowest BCUT2D eigenvalue weighted by Crippen LogP contribution is -2.49. The maximum absolute atomic E-state index is 11.8. The van der Waals surface area contributed by atoms with E-state index in [1.165, 1.54) is 0 Å². The van der Waals surface area contributed by atoms with Crippen LogP contribution in [0.4, 0.5) is 0 Å². The Bertz CT molecular complexity index is 208. The van der Waals surface area contributed by atoms with Gasteiger partial charge in [0.2, 0.25) is 5.91 Å². The highest BCUT2D eigenvalue weighted by atomic mass is 16.3. The van der Waals surface area contributed by atoms with Crippen molar-refractivity contribution in [2.75, 3.05) is 26.7 Å². The van der Waals surface area contributed by atoms with Gasteiger partial charge in [-0.3, -0.25) is 9.69 Å². The molecule has 1 aliphatic rings. The van der Waals surface area contributed by atoms with Gasteiger partial charge in [0.25, 0.3) is 0 Å². The number of aliphatic hydroxyl groups excluding tert-OH is 1. The van der Waals surface area contributed by atoms with E-state index in [4.69, 9.17) is 0 Å². The molecule has 2 unspecified atom stereocenters. The molecule has 1 aliphatic heterocycles. The fraction of sp³-hybridized carbons (Fsp3) is 0.900. The van der Waals surface area contributed by atoms with Crippen molar-refractivity contribution in [1.82, 2.24) is 9.80 Å². The largest absolute Gasteiger partial charge is 0.394 e. The van der Waals surface area contributed by atoms with E-state index in [0.29, 0.717) is 6.04 Å². The number of aliphatic hydroxyl groups is 1. The maximum Gasteiger partial charge on any atom is 0.242 e. The van der Waals surface area contributed by atoms with E-state index in [0.717, 1.165) is 19.5 Å². The topological polar surface area (TPSA) is 43.8 Å². The summed E-state index contributed by atoms with van der Waals surface area (Å²) in [4.78, 5) is 15.6.